The Morgan fingerprint density at radius 3 is 2.62 bits per heavy atom. The summed E-state index contributed by atoms with van der Waals surface area (Å²) in [6.07, 6.45) is 2.18. The molecule has 1 saturated heterocycles. The molecule has 0 radical (unpaired) electrons. The molecule has 3 nitrogen and oxygen atoms in total. The van der Waals surface area contributed by atoms with Gasteiger partial charge in [0.1, 0.15) is 5.82 Å². The monoisotopic (exact) mass is 389 g/mol. The lowest BCUT2D eigenvalue weighted by Gasteiger charge is -2.27. The number of benzene rings is 2. The smallest absolute Gasteiger partial charge is 0.309 e. The van der Waals surface area contributed by atoms with Gasteiger partial charge in [-0.1, -0.05) is 24.0 Å². The highest BCUT2D eigenvalue weighted by Gasteiger charge is 2.61. The molecular formula is C25H24FNO2. The molecule has 3 atom stereocenters. The number of carbonyl (C=O) groups is 1. The zero-order valence-electron chi connectivity index (χ0n) is 16.5. The van der Waals surface area contributed by atoms with Crippen LogP contribution in [0.3, 0.4) is 0 Å². The molecule has 4 heteroatoms. The Labute approximate surface area is 170 Å². The number of likely N-dealkylation sites (tertiary alicyclic amines) is 1. The second-order valence-corrected chi connectivity index (χ2v) is 8.29. The van der Waals surface area contributed by atoms with E-state index >= 15 is 0 Å². The summed E-state index contributed by atoms with van der Waals surface area (Å²) in [6.45, 7) is 4.34. The number of ether oxygens (including phenoxy) is 1. The molecule has 0 spiro atoms. The average molecular weight is 389 g/mol. The number of carbonyl (C=O) groups excluding carboxylic acids is 1. The van der Waals surface area contributed by atoms with E-state index in [-0.39, 0.29) is 17.7 Å². The summed E-state index contributed by atoms with van der Waals surface area (Å²) in [7, 11) is 0. The fourth-order valence-corrected chi connectivity index (χ4v) is 5.16. The highest BCUT2D eigenvalue weighted by Crippen LogP contribution is 2.55. The SMILES string of the molecule is CCOC(=O)C1C2CN(C3CCc4cc(C#Cc5cccc(F)c5)ccc43)CC21. The zero-order valence-corrected chi connectivity index (χ0v) is 16.5. The highest BCUT2D eigenvalue weighted by molar-refractivity contribution is 5.77. The van der Waals surface area contributed by atoms with Crippen LogP contribution in [0.5, 0.6) is 0 Å². The van der Waals surface area contributed by atoms with Crippen molar-refractivity contribution in [3.8, 4) is 11.8 Å². The molecule has 1 aliphatic heterocycles. The first-order valence-electron chi connectivity index (χ1n) is 10.4. The molecular weight excluding hydrogens is 365 g/mol. The Kier molecular flexibility index (Phi) is 4.64. The number of hydrogen-bond acceptors (Lipinski definition) is 3. The molecule has 0 bridgehead atoms. The minimum absolute atomic E-state index is 0.00418. The third-order valence-corrected chi connectivity index (χ3v) is 6.59. The van der Waals surface area contributed by atoms with E-state index in [9.17, 15) is 9.18 Å². The molecule has 2 fully saturated rings. The van der Waals surface area contributed by atoms with Gasteiger partial charge in [-0.15, -0.1) is 0 Å². The lowest BCUT2D eigenvalue weighted by molar-refractivity contribution is -0.145. The topological polar surface area (TPSA) is 29.5 Å². The number of hydrogen-bond donors (Lipinski definition) is 0. The van der Waals surface area contributed by atoms with E-state index in [4.69, 9.17) is 4.74 Å². The average Bonchev–Trinajstić information content (AvgIpc) is 3.04. The van der Waals surface area contributed by atoms with Crippen molar-refractivity contribution < 1.29 is 13.9 Å². The summed E-state index contributed by atoms with van der Waals surface area (Å²) >= 11 is 0. The van der Waals surface area contributed by atoms with Crippen LogP contribution in [0, 0.1) is 35.4 Å². The maximum absolute atomic E-state index is 13.3. The van der Waals surface area contributed by atoms with Gasteiger partial charge in [-0.2, -0.15) is 0 Å². The lowest BCUT2D eigenvalue weighted by atomic mass is 10.0. The van der Waals surface area contributed by atoms with Gasteiger partial charge in [-0.3, -0.25) is 9.69 Å². The first kappa shape index (κ1) is 18.4. The minimum atomic E-state index is -0.262. The first-order valence-corrected chi connectivity index (χ1v) is 10.4. The van der Waals surface area contributed by atoms with Crippen LogP contribution in [0.1, 0.15) is 41.6 Å². The Morgan fingerprint density at radius 1 is 1.14 bits per heavy atom. The fraction of sp³-hybridized carbons (Fsp3) is 0.400. The van der Waals surface area contributed by atoms with E-state index in [1.807, 2.05) is 13.0 Å². The fourth-order valence-electron chi connectivity index (χ4n) is 5.16. The van der Waals surface area contributed by atoms with Crippen LogP contribution in [0.15, 0.2) is 42.5 Å². The third kappa shape index (κ3) is 3.45. The summed E-state index contributed by atoms with van der Waals surface area (Å²) < 4.78 is 18.5. The quantitative estimate of drug-likeness (QED) is 0.588. The lowest BCUT2D eigenvalue weighted by Crippen LogP contribution is -2.30. The van der Waals surface area contributed by atoms with Gasteiger partial charge in [0, 0.05) is 30.3 Å². The number of rotatable bonds is 3. The van der Waals surface area contributed by atoms with Crippen LogP contribution in [-0.4, -0.2) is 30.6 Å². The van der Waals surface area contributed by atoms with Gasteiger partial charge < -0.3 is 4.74 Å². The Bertz CT molecular complexity index is 1010. The van der Waals surface area contributed by atoms with Crippen molar-refractivity contribution in [2.24, 2.45) is 17.8 Å². The number of piperidine rings is 1. The van der Waals surface area contributed by atoms with Gasteiger partial charge in [-0.05, 0) is 73.1 Å². The predicted octanol–water partition coefficient (Wildman–Crippen LogP) is 3.95. The third-order valence-electron chi connectivity index (χ3n) is 6.59. The standard InChI is InChI=1S/C25H24FNO2/c1-2-29-25(28)24-21-14-27(15-22(21)24)23-11-9-18-12-17(8-10-20(18)23)7-6-16-4-3-5-19(26)13-16/h3-5,8,10,12-13,21-24H,2,9,11,14-15H2,1H3. The molecule has 0 amide bonds. The normalized spacial score (nSPS) is 27.0. The van der Waals surface area contributed by atoms with Crippen molar-refractivity contribution in [2.75, 3.05) is 19.7 Å². The van der Waals surface area contributed by atoms with Crippen LogP contribution < -0.4 is 0 Å². The zero-order chi connectivity index (χ0) is 20.0. The second kappa shape index (κ2) is 7.31. The molecule has 1 saturated carbocycles. The summed E-state index contributed by atoms with van der Waals surface area (Å²) in [5.41, 5.74) is 4.43. The molecule has 3 aliphatic rings. The van der Waals surface area contributed by atoms with E-state index in [0.29, 0.717) is 30.0 Å². The van der Waals surface area contributed by atoms with E-state index in [2.05, 4.69) is 34.9 Å². The van der Waals surface area contributed by atoms with Crippen molar-refractivity contribution in [1.82, 2.24) is 4.90 Å². The summed E-state index contributed by atoms with van der Waals surface area (Å²) in [5.74, 6) is 7.05. The molecule has 29 heavy (non-hydrogen) atoms. The molecule has 148 valence electrons. The first-order chi connectivity index (χ1) is 14.1. The summed E-state index contributed by atoms with van der Waals surface area (Å²) in [5, 5.41) is 0. The summed E-state index contributed by atoms with van der Waals surface area (Å²) in [6, 6.07) is 13.3. The molecule has 5 rings (SSSR count). The molecule has 1 heterocycles. The van der Waals surface area contributed by atoms with E-state index in [0.717, 1.165) is 31.5 Å². The molecule has 3 unspecified atom stereocenters. The summed E-state index contributed by atoms with van der Waals surface area (Å²) in [4.78, 5) is 14.5. The van der Waals surface area contributed by atoms with E-state index < -0.39 is 0 Å². The number of aryl methyl sites for hydroxylation is 1. The maximum Gasteiger partial charge on any atom is 0.309 e. The Hall–Kier alpha value is -2.64. The van der Waals surface area contributed by atoms with Gasteiger partial charge in [0.15, 0.2) is 0 Å². The second-order valence-electron chi connectivity index (χ2n) is 8.29. The number of halogens is 1. The van der Waals surface area contributed by atoms with Gasteiger partial charge in [0.2, 0.25) is 0 Å². The Morgan fingerprint density at radius 2 is 1.90 bits per heavy atom. The van der Waals surface area contributed by atoms with Crippen LogP contribution in [0.25, 0.3) is 0 Å². The van der Waals surface area contributed by atoms with Crippen molar-refractivity contribution in [1.29, 1.82) is 0 Å². The van der Waals surface area contributed by atoms with Crippen LogP contribution in [0.4, 0.5) is 4.39 Å². The maximum atomic E-state index is 13.3. The number of fused-ring (bicyclic) bond motifs is 2. The van der Waals surface area contributed by atoms with E-state index in [1.54, 1.807) is 6.07 Å². The van der Waals surface area contributed by atoms with Crippen molar-refractivity contribution in [2.45, 2.75) is 25.8 Å². The molecule has 0 aromatic heterocycles. The number of esters is 1. The largest absolute Gasteiger partial charge is 0.466 e. The van der Waals surface area contributed by atoms with Crippen LogP contribution in [0.2, 0.25) is 0 Å². The van der Waals surface area contributed by atoms with Gasteiger partial charge in [0.25, 0.3) is 0 Å². The van der Waals surface area contributed by atoms with Crippen LogP contribution in [-0.2, 0) is 16.0 Å². The van der Waals surface area contributed by atoms with Gasteiger partial charge in [-0.25, -0.2) is 4.39 Å². The van der Waals surface area contributed by atoms with Crippen molar-refractivity contribution in [3.05, 3.63) is 70.5 Å². The van der Waals surface area contributed by atoms with Gasteiger partial charge in [0.05, 0.1) is 12.5 Å². The van der Waals surface area contributed by atoms with Gasteiger partial charge >= 0.3 is 5.97 Å². The number of nitrogens with zero attached hydrogens (tertiary/aromatic N) is 1. The van der Waals surface area contributed by atoms with Crippen molar-refractivity contribution >= 4 is 5.97 Å². The predicted molar refractivity (Wildman–Crippen MR) is 109 cm³/mol. The van der Waals surface area contributed by atoms with Crippen molar-refractivity contribution in [3.63, 3.8) is 0 Å². The molecule has 2 aromatic rings. The Balaban J connectivity index is 1.26. The van der Waals surface area contributed by atoms with E-state index in [1.165, 1.54) is 23.3 Å². The van der Waals surface area contributed by atoms with Crippen LogP contribution >= 0.6 is 0 Å². The minimum Gasteiger partial charge on any atom is -0.466 e. The molecule has 2 aromatic carbocycles. The molecule has 0 N–H and O–H groups in total. The molecule has 2 aliphatic carbocycles. The highest BCUT2D eigenvalue weighted by atomic mass is 19.1.